The van der Waals surface area contributed by atoms with Crippen LogP contribution in [0.2, 0.25) is 13.1 Å². The highest BCUT2D eigenvalue weighted by Crippen LogP contribution is 2.24. The molecule has 2 rings (SSSR count). The molecular weight excluding hydrogens is 401 g/mol. The average Bonchev–Trinajstić information content (AvgIpc) is 2.72. The molecule has 4 N–H and O–H groups in total. The van der Waals surface area contributed by atoms with Crippen molar-refractivity contribution in [3.8, 4) is 0 Å². The lowest BCUT2D eigenvalue weighted by atomic mass is 9.66. The van der Waals surface area contributed by atoms with Crippen LogP contribution in [0.5, 0.6) is 0 Å². The first-order chi connectivity index (χ1) is 14.7. The van der Waals surface area contributed by atoms with Crippen LogP contribution in [-0.4, -0.2) is 53.1 Å². The van der Waals surface area contributed by atoms with Crippen molar-refractivity contribution in [3.05, 3.63) is 35.4 Å². The van der Waals surface area contributed by atoms with E-state index >= 15 is 0 Å². The molecule has 0 amide bonds. The third kappa shape index (κ3) is 8.87. The third-order valence-electron chi connectivity index (χ3n) is 6.48. The van der Waals surface area contributed by atoms with Crippen LogP contribution in [0.1, 0.15) is 56.9 Å². The Labute approximate surface area is 185 Å². The summed E-state index contributed by atoms with van der Waals surface area (Å²) >= 11 is 0. The number of carboxylic acid groups (broad SMARTS) is 1. The molecule has 1 aromatic rings. The van der Waals surface area contributed by atoms with Gasteiger partial charge in [-0.25, -0.2) is 8.78 Å². The number of nitrogens with two attached hydrogens (primary N) is 1. The van der Waals surface area contributed by atoms with Gasteiger partial charge in [0.05, 0.1) is 0 Å². The molecule has 0 aliphatic carbocycles. The number of carbonyl (C=O) groups is 1. The molecule has 0 radical (unpaired) electrons. The van der Waals surface area contributed by atoms with Gasteiger partial charge in [-0.3, -0.25) is 4.79 Å². The Bertz CT molecular complexity index is 699. The van der Waals surface area contributed by atoms with E-state index in [-0.39, 0.29) is 6.92 Å². The van der Waals surface area contributed by atoms with E-state index in [1.807, 2.05) is 0 Å². The fourth-order valence-corrected chi connectivity index (χ4v) is 4.41. The van der Waals surface area contributed by atoms with E-state index in [1.165, 1.54) is 12.1 Å². The van der Waals surface area contributed by atoms with E-state index < -0.39 is 23.1 Å². The molecule has 0 spiro atoms. The maximum Gasteiger partial charge on any atom is 0.323 e. The molecule has 1 unspecified atom stereocenters. The van der Waals surface area contributed by atoms with Gasteiger partial charge in [-0.1, -0.05) is 25.7 Å². The van der Waals surface area contributed by atoms with Crippen LogP contribution in [0.15, 0.2) is 18.2 Å². The normalized spacial score (nSPS) is 17.5. The van der Waals surface area contributed by atoms with Gasteiger partial charge in [0.15, 0.2) is 11.6 Å². The number of nitrogens with zero attached hydrogens (tertiary/aromatic N) is 1. The van der Waals surface area contributed by atoms with Crippen molar-refractivity contribution in [1.29, 1.82) is 0 Å². The van der Waals surface area contributed by atoms with E-state index in [9.17, 15) is 23.7 Å². The highest BCUT2D eigenvalue weighted by molar-refractivity contribution is 6.48. The number of piperidine rings is 1. The second kappa shape index (κ2) is 12.5. The minimum atomic E-state index is -1.18. The molecule has 1 aromatic carbocycles. The highest BCUT2D eigenvalue weighted by atomic mass is 19.2. The van der Waals surface area contributed by atoms with Gasteiger partial charge in [-0.2, -0.15) is 0 Å². The molecule has 8 heteroatoms. The van der Waals surface area contributed by atoms with Gasteiger partial charge in [0.25, 0.3) is 6.92 Å². The standard InChI is InChI=1S/C23H37BF2N2O3/c1-24(31)12-4-2-10-23(27,22(29)30)11-3-5-13-28-14-8-18(9-15-28)16-19-6-7-20(25)21(26)17-19/h6-7,17-18,31H,2-5,8-16,27H2,1H3,(H,29,30). The number of hydrogen-bond donors (Lipinski definition) is 3. The number of hydrogen-bond acceptors (Lipinski definition) is 4. The van der Waals surface area contributed by atoms with Gasteiger partial charge in [0, 0.05) is 0 Å². The Morgan fingerprint density at radius 2 is 1.81 bits per heavy atom. The Hall–Kier alpha value is -1.51. The molecule has 0 aromatic heterocycles. The lowest BCUT2D eigenvalue weighted by Crippen LogP contribution is -2.48. The van der Waals surface area contributed by atoms with Crippen LogP contribution in [0.4, 0.5) is 8.78 Å². The second-order valence-corrected chi connectivity index (χ2v) is 9.25. The summed E-state index contributed by atoms with van der Waals surface area (Å²) in [4.78, 5) is 14.0. The first kappa shape index (κ1) is 25.8. The van der Waals surface area contributed by atoms with Crippen molar-refractivity contribution in [2.24, 2.45) is 11.7 Å². The van der Waals surface area contributed by atoms with Gasteiger partial charge >= 0.3 is 5.97 Å². The summed E-state index contributed by atoms with van der Waals surface area (Å²) in [6.45, 7) is 4.24. The molecule has 1 atom stereocenters. The number of aliphatic carboxylic acids is 1. The molecule has 1 aliphatic rings. The summed E-state index contributed by atoms with van der Waals surface area (Å²) in [7, 11) is 0. The van der Waals surface area contributed by atoms with Crippen molar-refractivity contribution in [1.82, 2.24) is 4.90 Å². The summed E-state index contributed by atoms with van der Waals surface area (Å²) < 4.78 is 26.5. The predicted octanol–water partition coefficient (Wildman–Crippen LogP) is 3.96. The lowest BCUT2D eigenvalue weighted by molar-refractivity contribution is -0.144. The largest absolute Gasteiger partial charge is 0.480 e. The number of unbranched alkanes of at least 4 members (excludes halogenated alkanes) is 2. The van der Waals surface area contributed by atoms with E-state index in [4.69, 9.17) is 5.73 Å². The quantitative estimate of drug-likeness (QED) is 0.321. The minimum Gasteiger partial charge on any atom is -0.480 e. The van der Waals surface area contributed by atoms with Crippen molar-refractivity contribution in [3.63, 3.8) is 0 Å². The van der Waals surface area contributed by atoms with Gasteiger partial charge in [0.2, 0.25) is 0 Å². The number of likely N-dealkylation sites (tertiary alicyclic amines) is 1. The smallest absolute Gasteiger partial charge is 0.323 e. The van der Waals surface area contributed by atoms with Crippen molar-refractivity contribution in [2.75, 3.05) is 19.6 Å². The Kier molecular flexibility index (Phi) is 10.4. The van der Waals surface area contributed by atoms with Crippen molar-refractivity contribution >= 4 is 12.9 Å². The van der Waals surface area contributed by atoms with E-state index in [2.05, 4.69) is 4.90 Å². The zero-order valence-electron chi connectivity index (χ0n) is 18.7. The van der Waals surface area contributed by atoms with Crippen LogP contribution in [-0.2, 0) is 11.2 Å². The van der Waals surface area contributed by atoms with Crippen LogP contribution in [0.3, 0.4) is 0 Å². The fraction of sp³-hybridized carbons (Fsp3) is 0.696. The molecule has 174 valence electrons. The van der Waals surface area contributed by atoms with Crippen LogP contribution in [0.25, 0.3) is 0 Å². The molecule has 1 fully saturated rings. The first-order valence-corrected chi connectivity index (χ1v) is 11.6. The monoisotopic (exact) mass is 438 g/mol. The fourth-order valence-electron chi connectivity index (χ4n) is 4.41. The summed E-state index contributed by atoms with van der Waals surface area (Å²) in [5.74, 6) is -2.05. The van der Waals surface area contributed by atoms with Crippen molar-refractivity contribution < 1.29 is 23.7 Å². The van der Waals surface area contributed by atoms with Crippen LogP contribution >= 0.6 is 0 Å². The molecular formula is C23H37BF2N2O3. The number of carboxylic acids is 1. The summed E-state index contributed by atoms with van der Waals surface area (Å²) in [6, 6.07) is 4.16. The SMILES string of the molecule is CB(O)CCCCC(N)(CCCCN1CCC(Cc2ccc(F)c(F)c2)CC1)C(=O)O. The highest BCUT2D eigenvalue weighted by Gasteiger charge is 2.32. The maximum atomic E-state index is 13.4. The van der Waals surface area contributed by atoms with Gasteiger partial charge in [0.1, 0.15) is 5.54 Å². The van der Waals surface area contributed by atoms with Gasteiger partial charge in [-0.15, -0.1) is 0 Å². The molecule has 1 saturated heterocycles. The minimum absolute atomic E-state index is 0.363. The van der Waals surface area contributed by atoms with E-state index in [1.54, 1.807) is 12.9 Å². The first-order valence-electron chi connectivity index (χ1n) is 11.6. The van der Waals surface area contributed by atoms with Gasteiger partial charge < -0.3 is 20.8 Å². The molecule has 31 heavy (non-hydrogen) atoms. The Morgan fingerprint density at radius 1 is 1.16 bits per heavy atom. The maximum absolute atomic E-state index is 13.4. The molecule has 1 heterocycles. The average molecular weight is 438 g/mol. The van der Waals surface area contributed by atoms with E-state index in [0.29, 0.717) is 31.5 Å². The number of rotatable bonds is 13. The molecule has 0 saturated carbocycles. The zero-order chi connectivity index (χ0) is 22.9. The Balaban J connectivity index is 1.65. The molecule has 1 aliphatic heterocycles. The van der Waals surface area contributed by atoms with Gasteiger partial charge in [-0.05, 0) is 94.5 Å². The van der Waals surface area contributed by atoms with Crippen molar-refractivity contribution in [2.45, 2.75) is 76.5 Å². The van der Waals surface area contributed by atoms with E-state index in [0.717, 1.165) is 63.7 Å². The predicted molar refractivity (Wildman–Crippen MR) is 120 cm³/mol. The number of halogens is 2. The summed E-state index contributed by atoms with van der Waals surface area (Å²) in [5, 5.41) is 18.9. The topological polar surface area (TPSA) is 86.8 Å². The summed E-state index contributed by atoms with van der Waals surface area (Å²) in [5.41, 5.74) is 5.82. The molecule has 5 nitrogen and oxygen atoms in total. The Morgan fingerprint density at radius 3 is 2.39 bits per heavy atom. The lowest BCUT2D eigenvalue weighted by Gasteiger charge is -2.32. The zero-order valence-corrected chi connectivity index (χ0v) is 18.7. The second-order valence-electron chi connectivity index (χ2n) is 9.25. The molecule has 0 bridgehead atoms. The van der Waals surface area contributed by atoms with Crippen LogP contribution < -0.4 is 5.73 Å². The van der Waals surface area contributed by atoms with Crippen LogP contribution in [0, 0.1) is 17.6 Å². The summed E-state index contributed by atoms with van der Waals surface area (Å²) in [6.07, 6.45) is 7.56. The number of benzene rings is 1. The third-order valence-corrected chi connectivity index (χ3v) is 6.48.